The Bertz CT molecular complexity index is 578. The van der Waals surface area contributed by atoms with Gasteiger partial charge in [0.2, 0.25) is 5.88 Å². The molecule has 0 amide bonds. The smallest absolute Gasteiger partial charge is 0.216 e. The predicted octanol–water partition coefficient (Wildman–Crippen LogP) is 3.24. The van der Waals surface area contributed by atoms with Crippen LogP contribution in [0.25, 0.3) is 0 Å². The molecule has 0 saturated carbocycles. The van der Waals surface area contributed by atoms with E-state index in [0.29, 0.717) is 6.54 Å². The quantitative estimate of drug-likeness (QED) is 0.920. The second-order valence-electron chi connectivity index (χ2n) is 4.85. The number of benzene rings is 1. The molecule has 5 heteroatoms. The van der Waals surface area contributed by atoms with Crippen LogP contribution in [0.1, 0.15) is 29.8 Å². The van der Waals surface area contributed by atoms with E-state index in [4.69, 9.17) is 16.3 Å². The van der Waals surface area contributed by atoms with Gasteiger partial charge in [0.05, 0.1) is 18.4 Å². The van der Waals surface area contributed by atoms with E-state index < -0.39 is 0 Å². The van der Waals surface area contributed by atoms with Crippen molar-refractivity contribution in [3.8, 4) is 5.88 Å². The zero-order valence-corrected chi connectivity index (χ0v) is 13.0. The van der Waals surface area contributed by atoms with Crippen LogP contribution in [-0.2, 0) is 13.6 Å². The maximum absolute atomic E-state index is 5.90. The molecule has 0 aliphatic heterocycles. The van der Waals surface area contributed by atoms with Gasteiger partial charge in [-0.05, 0) is 31.5 Å². The SMILES string of the molecule is COc1c(CN[C@@H](C)c2ccc(Cl)cc2)c(C)nn1C. The van der Waals surface area contributed by atoms with Crippen molar-refractivity contribution in [1.82, 2.24) is 15.1 Å². The van der Waals surface area contributed by atoms with Gasteiger partial charge in [-0.25, -0.2) is 4.68 Å². The van der Waals surface area contributed by atoms with Gasteiger partial charge in [0.1, 0.15) is 0 Å². The van der Waals surface area contributed by atoms with Gasteiger partial charge >= 0.3 is 0 Å². The van der Waals surface area contributed by atoms with Crippen molar-refractivity contribution in [3.63, 3.8) is 0 Å². The standard InChI is InChI=1S/C15H20ClN3O/c1-10(12-5-7-13(16)8-6-12)17-9-14-11(2)18-19(3)15(14)20-4/h5-8,10,17H,9H2,1-4H3/t10-/m0/s1. The molecule has 0 unspecified atom stereocenters. The number of methoxy groups -OCH3 is 1. The molecule has 1 aromatic heterocycles. The largest absolute Gasteiger partial charge is 0.481 e. The second-order valence-corrected chi connectivity index (χ2v) is 5.29. The van der Waals surface area contributed by atoms with Crippen molar-refractivity contribution < 1.29 is 4.74 Å². The van der Waals surface area contributed by atoms with Crippen LogP contribution in [0, 0.1) is 6.92 Å². The van der Waals surface area contributed by atoms with Crippen LogP contribution >= 0.6 is 11.6 Å². The molecule has 108 valence electrons. The molecule has 0 bridgehead atoms. The van der Waals surface area contributed by atoms with E-state index in [-0.39, 0.29) is 6.04 Å². The first-order valence-electron chi connectivity index (χ1n) is 6.58. The molecule has 2 aromatic rings. The van der Waals surface area contributed by atoms with E-state index in [2.05, 4.69) is 17.3 Å². The first-order valence-corrected chi connectivity index (χ1v) is 6.96. The molecular weight excluding hydrogens is 274 g/mol. The summed E-state index contributed by atoms with van der Waals surface area (Å²) in [6, 6.07) is 8.12. The molecule has 4 nitrogen and oxygen atoms in total. The van der Waals surface area contributed by atoms with Gasteiger partial charge in [0.15, 0.2) is 0 Å². The fourth-order valence-electron chi connectivity index (χ4n) is 2.26. The molecule has 0 saturated heterocycles. The fraction of sp³-hybridized carbons (Fsp3) is 0.400. The van der Waals surface area contributed by atoms with Crippen molar-refractivity contribution in [2.75, 3.05) is 7.11 Å². The van der Waals surface area contributed by atoms with Gasteiger partial charge in [-0.3, -0.25) is 0 Å². The van der Waals surface area contributed by atoms with Crippen LogP contribution in [-0.4, -0.2) is 16.9 Å². The Labute approximate surface area is 124 Å². The minimum Gasteiger partial charge on any atom is -0.481 e. The van der Waals surface area contributed by atoms with Gasteiger partial charge in [-0.2, -0.15) is 5.10 Å². The molecule has 0 aliphatic carbocycles. The Morgan fingerprint density at radius 3 is 2.60 bits per heavy atom. The lowest BCUT2D eigenvalue weighted by molar-refractivity contribution is 0.367. The van der Waals surface area contributed by atoms with E-state index >= 15 is 0 Å². The van der Waals surface area contributed by atoms with Crippen molar-refractivity contribution in [2.45, 2.75) is 26.4 Å². The Morgan fingerprint density at radius 2 is 2.00 bits per heavy atom. The molecule has 0 radical (unpaired) electrons. The molecule has 0 fully saturated rings. The minimum atomic E-state index is 0.233. The summed E-state index contributed by atoms with van der Waals surface area (Å²) in [6.07, 6.45) is 0. The molecule has 0 aliphatic rings. The zero-order valence-electron chi connectivity index (χ0n) is 12.3. The second kappa shape index (κ2) is 6.29. The van der Waals surface area contributed by atoms with E-state index in [1.807, 2.05) is 38.2 Å². The summed E-state index contributed by atoms with van der Waals surface area (Å²) in [4.78, 5) is 0. The highest BCUT2D eigenvalue weighted by Crippen LogP contribution is 2.22. The number of aromatic nitrogens is 2. The Balaban J connectivity index is 2.07. The van der Waals surface area contributed by atoms with Crippen molar-refractivity contribution in [3.05, 3.63) is 46.1 Å². The third kappa shape index (κ3) is 3.14. The van der Waals surface area contributed by atoms with E-state index in [9.17, 15) is 0 Å². The molecule has 0 spiro atoms. The number of nitrogens with zero attached hydrogens (tertiary/aromatic N) is 2. The summed E-state index contributed by atoms with van der Waals surface area (Å²) in [7, 11) is 3.56. The van der Waals surface area contributed by atoms with Crippen molar-refractivity contribution >= 4 is 11.6 Å². The lowest BCUT2D eigenvalue weighted by atomic mass is 10.1. The molecule has 1 N–H and O–H groups in total. The topological polar surface area (TPSA) is 39.1 Å². The minimum absolute atomic E-state index is 0.233. The molecule has 1 heterocycles. The van der Waals surface area contributed by atoms with Gasteiger partial charge in [-0.1, -0.05) is 23.7 Å². The summed E-state index contributed by atoms with van der Waals surface area (Å²) in [5.74, 6) is 0.804. The summed E-state index contributed by atoms with van der Waals surface area (Å²) in [5.41, 5.74) is 3.28. The number of halogens is 1. The maximum Gasteiger partial charge on any atom is 0.216 e. The predicted molar refractivity (Wildman–Crippen MR) is 81.2 cm³/mol. The van der Waals surface area contributed by atoms with Crippen LogP contribution in [0.3, 0.4) is 0 Å². The molecule has 1 aromatic carbocycles. The Hall–Kier alpha value is -1.52. The summed E-state index contributed by atoms with van der Waals surface area (Å²) < 4.78 is 7.16. The van der Waals surface area contributed by atoms with Crippen LogP contribution in [0.4, 0.5) is 0 Å². The van der Waals surface area contributed by atoms with Crippen molar-refractivity contribution in [2.24, 2.45) is 7.05 Å². The summed E-state index contributed by atoms with van der Waals surface area (Å²) >= 11 is 5.90. The van der Waals surface area contributed by atoms with Crippen LogP contribution in [0.15, 0.2) is 24.3 Å². The summed E-state index contributed by atoms with van der Waals surface area (Å²) in [5, 5.41) is 8.62. The molecule has 2 rings (SSSR count). The monoisotopic (exact) mass is 293 g/mol. The highest BCUT2D eigenvalue weighted by molar-refractivity contribution is 6.30. The van der Waals surface area contributed by atoms with Gasteiger partial charge in [0, 0.05) is 24.7 Å². The average molecular weight is 294 g/mol. The normalized spacial score (nSPS) is 12.4. The molecule has 1 atom stereocenters. The Kier molecular flexibility index (Phi) is 4.68. The van der Waals surface area contributed by atoms with Crippen molar-refractivity contribution in [1.29, 1.82) is 0 Å². The maximum atomic E-state index is 5.90. The number of hydrogen-bond donors (Lipinski definition) is 1. The lowest BCUT2D eigenvalue weighted by Crippen LogP contribution is -2.18. The third-order valence-corrected chi connectivity index (χ3v) is 3.69. The average Bonchev–Trinajstić information content (AvgIpc) is 2.70. The van der Waals surface area contributed by atoms with Crippen LogP contribution in [0.2, 0.25) is 5.02 Å². The zero-order chi connectivity index (χ0) is 14.7. The highest BCUT2D eigenvalue weighted by atomic mass is 35.5. The molecule has 20 heavy (non-hydrogen) atoms. The van der Waals surface area contributed by atoms with Gasteiger partial charge < -0.3 is 10.1 Å². The number of rotatable bonds is 5. The fourth-order valence-corrected chi connectivity index (χ4v) is 2.39. The van der Waals surface area contributed by atoms with E-state index in [1.165, 1.54) is 5.56 Å². The third-order valence-electron chi connectivity index (χ3n) is 3.44. The van der Waals surface area contributed by atoms with Crippen LogP contribution in [0.5, 0.6) is 5.88 Å². The van der Waals surface area contributed by atoms with Gasteiger partial charge in [-0.15, -0.1) is 0 Å². The highest BCUT2D eigenvalue weighted by Gasteiger charge is 2.14. The Morgan fingerprint density at radius 1 is 1.35 bits per heavy atom. The van der Waals surface area contributed by atoms with Gasteiger partial charge in [0.25, 0.3) is 0 Å². The first kappa shape index (κ1) is 14.9. The first-order chi connectivity index (χ1) is 9.52. The number of aryl methyl sites for hydroxylation is 2. The van der Waals surface area contributed by atoms with E-state index in [1.54, 1.807) is 11.8 Å². The summed E-state index contributed by atoms with van der Waals surface area (Å²) in [6.45, 7) is 4.83. The number of ether oxygens (including phenoxy) is 1. The van der Waals surface area contributed by atoms with Crippen LogP contribution < -0.4 is 10.1 Å². The van der Waals surface area contributed by atoms with E-state index in [0.717, 1.165) is 22.2 Å². The number of hydrogen-bond acceptors (Lipinski definition) is 3. The number of nitrogens with one attached hydrogen (secondary N) is 1. The molecular formula is C15H20ClN3O. The lowest BCUT2D eigenvalue weighted by Gasteiger charge is -2.15.